The van der Waals surface area contributed by atoms with Gasteiger partial charge in [-0.2, -0.15) is 0 Å². The Bertz CT molecular complexity index is 1010. The first-order valence-corrected chi connectivity index (χ1v) is 9.50. The Labute approximate surface area is 154 Å². The molecule has 0 spiro atoms. The highest BCUT2D eigenvalue weighted by atomic mass is 32.2. The van der Waals surface area contributed by atoms with E-state index >= 15 is 0 Å². The number of hydrogen-bond donors (Lipinski definition) is 1. The lowest BCUT2D eigenvalue weighted by molar-refractivity contribution is 0.0945. The van der Waals surface area contributed by atoms with Gasteiger partial charge >= 0.3 is 0 Å². The summed E-state index contributed by atoms with van der Waals surface area (Å²) in [7, 11) is -3.92. The van der Waals surface area contributed by atoms with Gasteiger partial charge in [-0.1, -0.05) is 24.3 Å². The molecule has 27 heavy (non-hydrogen) atoms. The molecule has 0 saturated carbocycles. The summed E-state index contributed by atoms with van der Waals surface area (Å²) in [5.41, 5.74) is -0.771. The highest BCUT2D eigenvalue weighted by molar-refractivity contribution is 7.91. The molecule has 5 nitrogen and oxygen atoms in total. The first kappa shape index (κ1) is 18.8. The average molecular weight is 391 g/mol. The molecule has 1 aromatic heterocycles. The maximum Gasteiger partial charge on any atom is 0.257 e. The van der Waals surface area contributed by atoms with E-state index in [9.17, 15) is 22.0 Å². The molecule has 1 unspecified atom stereocenters. The zero-order valence-electron chi connectivity index (χ0n) is 13.9. The molecule has 1 heterocycles. The van der Waals surface area contributed by atoms with Crippen LogP contribution in [-0.2, 0) is 9.84 Å². The molecule has 0 aliphatic heterocycles. The highest BCUT2D eigenvalue weighted by Gasteiger charge is 2.32. The first-order valence-electron chi connectivity index (χ1n) is 7.96. The fourth-order valence-corrected chi connectivity index (χ4v) is 4.21. The predicted molar refractivity (Wildman–Crippen MR) is 93.8 cm³/mol. The summed E-state index contributed by atoms with van der Waals surface area (Å²) in [5.74, 6) is -3.01. The van der Waals surface area contributed by atoms with E-state index in [1.165, 1.54) is 30.5 Å². The lowest BCUT2D eigenvalue weighted by Crippen LogP contribution is -2.32. The normalized spacial score (nSPS) is 12.5. The Morgan fingerprint density at radius 3 is 2.22 bits per heavy atom. The van der Waals surface area contributed by atoms with Crippen LogP contribution in [0.25, 0.3) is 0 Å². The molecule has 0 saturated heterocycles. The molecule has 0 fully saturated rings. The maximum absolute atomic E-state index is 13.8. The largest absolute Gasteiger partial charge is 0.468 e. The number of nitrogens with one attached hydrogen (secondary N) is 1. The fourth-order valence-electron chi connectivity index (χ4n) is 2.60. The molecule has 2 aromatic carbocycles. The average Bonchev–Trinajstić information content (AvgIpc) is 3.16. The van der Waals surface area contributed by atoms with Crippen LogP contribution in [0.15, 0.2) is 76.2 Å². The first-order chi connectivity index (χ1) is 12.9. The number of sulfone groups is 1. The summed E-state index contributed by atoms with van der Waals surface area (Å²) in [4.78, 5) is 12.2. The van der Waals surface area contributed by atoms with E-state index in [-0.39, 0.29) is 10.7 Å². The third-order valence-electron chi connectivity index (χ3n) is 3.94. The van der Waals surface area contributed by atoms with Crippen molar-refractivity contribution < 1.29 is 26.4 Å². The zero-order chi connectivity index (χ0) is 19.4. The topological polar surface area (TPSA) is 76.4 Å². The molecule has 3 rings (SSSR count). The highest BCUT2D eigenvalue weighted by Crippen LogP contribution is 2.29. The summed E-state index contributed by atoms with van der Waals surface area (Å²) < 4.78 is 58.6. The Hall–Kier alpha value is -3.00. The molecular formula is C19H15F2NO4S. The Morgan fingerprint density at radius 1 is 0.963 bits per heavy atom. The van der Waals surface area contributed by atoms with E-state index < -0.39 is 44.7 Å². The summed E-state index contributed by atoms with van der Waals surface area (Å²) in [6, 6.07) is 13.6. The lowest BCUT2D eigenvalue weighted by Gasteiger charge is -2.17. The molecule has 3 aromatic rings. The van der Waals surface area contributed by atoms with Crippen LogP contribution in [0.1, 0.15) is 21.4 Å². The van der Waals surface area contributed by atoms with Crippen molar-refractivity contribution >= 4 is 15.7 Å². The van der Waals surface area contributed by atoms with Crippen molar-refractivity contribution in [2.45, 2.75) is 10.1 Å². The van der Waals surface area contributed by atoms with Crippen LogP contribution in [0.5, 0.6) is 0 Å². The second-order valence-electron chi connectivity index (χ2n) is 5.67. The van der Waals surface area contributed by atoms with Gasteiger partial charge in [0.05, 0.1) is 11.2 Å². The predicted octanol–water partition coefficient (Wildman–Crippen LogP) is 3.50. The molecule has 1 atom stereocenters. The van der Waals surface area contributed by atoms with Crippen LogP contribution < -0.4 is 5.32 Å². The van der Waals surface area contributed by atoms with Gasteiger partial charge in [-0.15, -0.1) is 0 Å². The molecule has 1 amide bonds. The summed E-state index contributed by atoms with van der Waals surface area (Å²) in [6.07, 6.45) is 1.31. The number of carbonyl (C=O) groups excluding carboxylic acids is 1. The third-order valence-corrected chi connectivity index (χ3v) is 6.02. The van der Waals surface area contributed by atoms with Crippen molar-refractivity contribution in [3.8, 4) is 0 Å². The number of rotatable bonds is 6. The minimum Gasteiger partial charge on any atom is -0.468 e. The van der Waals surface area contributed by atoms with Gasteiger partial charge in [-0.05, 0) is 36.4 Å². The van der Waals surface area contributed by atoms with Crippen LogP contribution in [0.4, 0.5) is 8.78 Å². The fraction of sp³-hybridized carbons (Fsp3) is 0.105. The van der Waals surface area contributed by atoms with E-state index in [2.05, 4.69) is 5.32 Å². The van der Waals surface area contributed by atoms with Gasteiger partial charge in [0, 0.05) is 6.54 Å². The Kier molecular flexibility index (Phi) is 5.36. The molecule has 0 radical (unpaired) electrons. The smallest absolute Gasteiger partial charge is 0.257 e. The molecule has 8 heteroatoms. The molecule has 0 bridgehead atoms. The van der Waals surface area contributed by atoms with E-state index in [0.29, 0.717) is 0 Å². The van der Waals surface area contributed by atoms with Gasteiger partial charge < -0.3 is 9.73 Å². The van der Waals surface area contributed by atoms with Gasteiger partial charge in [-0.25, -0.2) is 17.2 Å². The molecule has 140 valence electrons. The van der Waals surface area contributed by atoms with Gasteiger partial charge in [-0.3, -0.25) is 4.79 Å². The van der Waals surface area contributed by atoms with Gasteiger partial charge in [0.2, 0.25) is 0 Å². The number of hydrogen-bond acceptors (Lipinski definition) is 4. The number of halogens is 2. The van der Waals surface area contributed by atoms with Gasteiger partial charge in [0.15, 0.2) is 9.84 Å². The summed E-state index contributed by atoms with van der Waals surface area (Å²) in [5, 5.41) is 1.03. The van der Waals surface area contributed by atoms with Crippen molar-refractivity contribution in [1.29, 1.82) is 0 Å². The van der Waals surface area contributed by atoms with Crippen LogP contribution in [0.3, 0.4) is 0 Å². The number of carbonyl (C=O) groups is 1. The molecular weight excluding hydrogens is 376 g/mol. The van der Waals surface area contributed by atoms with Crippen LogP contribution in [-0.4, -0.2) is 20.9 Å². The van der Waals surface area contributed by atoms with Crippen LogP contribution in [0.2, 0.25) is 0 Å². The van der Waals surface area contributed by atoms with Crippen molar-refractivity contribution in [1.82, 2.24) is 5.32 Å². The SMILES string of the molecule is O=C(NCC(c1ccco1)S(=O)(=O)c1ccccc1)c1c(F)cccc1F. The van der Waals surface area contributed by atoms with E-state index in [0.717, 1.165) is 18.2 Å². The quantitative estimate of drug-likeness (QED) is 0.698. The molecule has 1 N–H and O–H groups in total. The van der Waals surface area contributed by atoms with Crippen molar-refractivity contribution in [3.63, 3.8) is 0 Å². The number of amides is 1. The zero-order valence-corrected chi connectivity index (χ0v) is 14.7. The third kappa shape index (κ3) is 3.90. The van der Waals surface area contributed by atoms with Crippen molar-refractivity contribution in [2.24, 2.45) is 0 Å². The van der Waals surface area contributed by atoms with Crippen molar-refractivity contribution in [2.75, 3.05) is 6.54 Å². The summed E-state index contributed by atoms with van der Waals surface area (Å²) in [6.45, 7) is -0.419. The second-order valence-corrected chi connectivity index (χ2v) is 7.80. The van der Waals surface area contributed by atoms with E-state index in [1.807, 2.05) is 0 Å². The van der Waals surface area contributed by atoms with E-state index in [1.54, 1.807) is 18.2 Å². The maximum atomic E-state index is 13.8. The molecule has 0 aliphatic carbocycles. The minimum absolute atomic E-state index is 0.0396. The summed E-state index contributed by atoms with van der Waals surface area (Å²) >= 11 is 0. The number of furan rings is 1. The van der Waals surface area contributed by atoms with Crippen LogP contribution >= 0.6 is 0 Å². The lowest BCUT2D eigenvalue weighted by atomic mass is 10.2. The second kappa shape index (κ2) is 7.71. The van der Waals surface area contributed by atoms with Crippen molar-refractivity contribution in [3.05, 3.63) is 89.9 Å². The van der Waals surface area contributed by atoms with Crippen LogP contribution in [0, 0.1) is 11.6 Å². The van der Waals surface area contributed by atoms with Gasteiger partial charge in [0.1, 0.15) is 28.2 Å². The van der Waals surface area contributed by atoms with E-state index in [4.69, 9.17) is 4.42 Å². The number of benzene rings is 2. The standard InChI is InChI=1S/C19H15F2NO4S/c20-14-8-4-9-15(21)18(14)19(23)22-12-17(16-10-5-11-26-16)27(24,25)13-6-2-1-3-7-13/h1-11,17H,12H2,(H,22,23). The Morgan fingerprint density at radius 2 is 1.63 bits per heavy atom. The Balaban J connectivity index is 1.89. The minimum atomic E-state index is -3.92. The molecule has 0 aliphatic rings. The van der Waals surface area contributed by atoms with Gasteiger partial charge in [0.25, 0.3) is 5.91 Å². The monoisotopic (exact) mass is 391 g/mol.